The van der Waals surface area contributed by atoms with E-state index in [1.165, 1.54) is 0 Å². The van der Waals surface area contributed by atoms with Crippen molar-refractivity contribution in [1.29, 1.82) is 0 Å². The Morgan fingerprint density at radius 3 is 2.56 bits per heavy atom. The second kappa shape index (κ2) is 6.33. The van der Waals surface area contributed by atoms with Crippen LogP contribution in [0, 0.1) is 5.92 Å². The maximum Gasteiger partial charge on any atom is 0.248 e. The first kappa shape index (κ1) is 13.6. The van der Waals surface area contributed by atoms with E-state index < -0.39 is 5.92 Å². The number of allylic oxidation sites excluding steroid dienone is 1. The third-order valence-electron chi connectivity index (χ3n) is 3.48. The van der Waals surface area contributed by atoms with Crippen LogP contribution in [0.3, 0.4) is 0 Å². The minimum atomic E-state index is -2.41. The first-order valence-electron chi connectivity index (χ1n) is 6.31. The number of alkyl halides is 2. The normalized spacial score (nSPS) is 22.9. The van der Waals surface area contributed by atoms with Gasteiger partial charge in [0, 0.05) is 18.9 Å². The molecule has 94 valence electrons. The van der Waals surface area contributed by atoms with E-state index in [9.17, 15) is 8.78 Å². The SMILES string of the molecule is C=CCCC(NCC)C1CCC(F)(F)CC1. The molecule has 0 aromatic rings. The van der Waals surface area contributed by atoms with Crippen LogP contribution in [0.15, 0.2) is 12.7 Å². The van der Waals surface area contributed by atoms with Gasteiger partial charge >= 0.3 is 0 Å². The molecule has 0 aliphatic heterocycles. The lowest BCUT2D eigenvalue weighted by Gasteiger charge is -2.34. The predicted molar refractivity (Wildman–Crippen MR) is 63.8 cm³/mol. The minimum Gasteiger partial charge on any atom is -0.314 e. The highest BCUT2D eigenvalue weighted by Crippen LogP contribution is 2.38. The van der Waals surface area contributed by atoms with E-state index in [0.29, 0.717) is 24.8 Å². The summed E-state index contributed by atoms with van der Waals surface area (Å²) < 4.78 is 26.1. The van der Waals surface area contributed by atoms with Crippen molar-refractivity contribution in [3.05, 3.63) is 12.7 Å². The molecule has 16 heavy (non-hydrogen) atoms. The number of nitrogens with one attached hydrogen (secondary N) is 1. The fourth-order valence-electron chi connectivity index (χ4n) is 2.53. The van der Waals surface area contributed by atoms with Gasteiger partial charge in [-0.05, 0) is 38.1 Å². The maximum atomic E-state index is 13.0. The summed E-state index contributed by atoms with van der Waals surface area (Å²) in [7, 11) is 0. The Morgan fingerprint density at radius 1 is 1.44 bits per heavy atom. The Balaban J connectivity index is 2.42. The van der Waals surface area contributed by atoms with Gasteiger partial charge in [0.1, 0.15) is 0 Å². The lowest BCUT2D eigenvalue weighted by molar-refractivity contribution is -0.0497. The first-order valence-corrected chi connectivity index (χ1v) is 6.31. The largest absolute Gasteiger partial charge is 0.314 e. The zero-order valence-corrected chi connectivity index (χ0v) is 10.1. The van der Waals surface area contributed by atoms with Crippen LogP contribution in [-0.2, 0) is 0 Å². The van der Waals surface area contributed by atoms with Crippen LogP contribution in [0.5, 0.6) is 0 Å². The fourth-order valence-corrected chi connectivity index (χ4v) is 2.53. The van der Waals surface area contributed by atoms with Gasteiger partial charge in [0.25, 0.3) is 0 Å². The third kappa shape index (κ3) is 4.20. The van der Waals surface area contributed by atoms with E-state index >= 15 is 0 Å². The van der Waals surface area contributed by atoms with Gasteiger partial charge in [-0.15, -0.1) is 6.58 Å². The molecule has 0 heterocycles. The molecule has 1 fully saturated rings. The number of rotatable bonds is 6. The molecule has 0 bridgehead atoms. The molecule has 1 unspecified atom stereocenters. The van der Waals surface area contributed by atoms with Gasteiger partial charge < -0.3 is 5.32 Å². The molecule has 1 nitrogen and oxygen atoms in total. The van der Waals surface area contributed by atoms with Gasteiger partial charge in [0.15, 0.2) is 0 Å². The second-order valence-corrected chi connectivity index (χ2v) is 4.72. The Bertz CT molecular complexity index is 206. The molecule has 0 spiro atoms. The summed E-state index contributed by atoms with van der Waals surface area (Å²) in [5.74, 6) is -1.99. The van der Waals surface area contributed by atoms with Crippen LogP contribution in [0.4, 0.5) is 8.78 Å². The molecule has 0 aromatic carbocycles. The highest BCUT2D eigenvalue weighted by molar-refractivity contribution is 4.86. The topological polar surface area (TPSA) is 12.0 Å². The number of hydrogen-bond donors (Lipinski definition) is 1. The van der Waals surface area contributed by atoms with Crippen LogP contribution >= 0.6 is 0 Å². The zero-order chi connectivity index (χ0) is 12.0. The molecule has 0 radical (unpaired) electrons. The number of hydrogen-bond acceptors (Lipinski definition) is 1. The Morgan fingerprint density at radius 2 is 2.06 bits per heavy atom. The highest BCUT2D eigenvalue weighted by Gasteiger charge is 2.37. The van der Waals surface area contributed by atoms with Crippen LogP contribution in [0.2, 0.25) is 0 Å². The van der Waals surface area contributed by atoms with E-state index in [1.54, 1.807) is 0 Å². The van der Waals surface area contributed by atoms with Gasteiger partial charge in [-0.25, -0.2) is 8.78 Å². The van der Waals surface area contributed by atoms with E-state index in [1.807, 2.05) is 6.08 Å². The van der Waals surface area contributed by atoms with E-state index in [2.05, 4.69) is 18.8 Å². The van der Waals surface area contributed by atoms with E-state index in [4.69, 9.17) is 0 Å². The van der Waals surface area contributed by atoms with Gasteiger partial charge in [-0.2, -0.15) is 0 Å². The molecule has 0 amide bonds. The molecular weight excluding hydrogens is 208 g/mol. The molecule has 1 atom stereocenters. The van der Waals surface area contributed by atoms with Crippen LogP contribution in [-0.4, -0.2) is 18.5 Å². The summed E-state index contributed by atoms with van der Waals surface area (Å²) in [5, 5.41) is 3.42. The van der Waals surface area contributed by atoms with Crippen molar-refractivity contribution in [1.82, 2.24) is 5.32 Å². The van der Waals surface area contributed by atoms with Crippen LogP contribution < -0.4 is 5.32 Å². The van der Waals surface area contributed by atoms with Crippen molar-refractivity contribution in [2.24, 2.45) is 5.92 Å². The maximum absolute atomic E-state index is 13.0. The van der Waals surface area contributed by atoms with Crippen molar-refractivity contribution >= 4 is 0 Å². The van der Waals surface area contributed by atoms with E-state index in [0.717, 1.165) is 19.4 Å². The van der Waals surface area contributed by atoms with Crippen LogP contribution in [0.1, 0.15) is 45.4 Å². The second-order valence-electron chi connectivity index (χ2n) is 4.72. The molecular formula is C13H23F2N. The Labute approximate surface area is 97.3 Å². The minimum absolute atomic E-state index is 0.0631. The standard InChI is InChI=1S/C13H23F2N/c1-3-5-6-12(16-4-2)11-7-9-13(14,15)10-8-11/h3,11-12,16H,1,4-10H2,2H3. The third-order valence-corrected chi connectivity index (χ3v) is 3.48. The van der Waals surface area contributed by atoms with Crippen LogP contribution in [0.25, 0.3) is 0 Å². The molecule has 1 aliphatic rings. The van der Waals surface area contributed by atoms with Crippen molar-refractivity contribution in [3.63, 3.8) is 0 Å². The van der Waals surface area contributed by atoms with Gasteiger partial charge in [0.05, 0.1) is 0 Å². The van der Waals surface area contributed by atoms with Crippen molar-refractivity contribution in [2.45, 2.75) is 57.4 Å². The monoisotopic (exact) mass is 231 g/mol. The molecule has 1 N–H and O–H groups in total. The molecule has 0 aromatic heterocycles. The highest BCUT2D eigenvalue weighted by atomic mass is 19.3. The van der Waals surface area contributed by atoms with Gasteiger partial charge in [-0.1, -0.05) is 13.0 Å². The van der Waals surface area contributed by atoms with Gasteiger partial charge in [0.2, 0.25) is 5.92 Å². The predicted octanol–water partition coefficient (Wildman–Crippen LogP) is 3.76. The summed E-state index contributed by atoms with van der Waals surface area (Å²) in [6.07, 6.45) is 5.32. The van der Waals surface area contributed by atoms with Gasteiger partial charge in [-0.3, -0.25) is 0 Å². The summed E-state index contributed by atoms with van der Waals surface area (Å²) in [5.41, 5.74) is 0. The summed E-state index contributed by atoms with van der Waals surface area (Å²) >= 11 is 0. The fraction of sp³-hybridized carbons (Fsp3) is 0.846. The molecule has 1 rings (SSSR count). The number of halogens is 2. The zero-order valence-electron chi connectivity index (χ0n) is 10.1. The molecule has 0 saturated heterocycles. The molecule has 1 aliphatic carbocycles. The average Bonchev–Trinajstić information content (AvgIpc) is 2.25. The van der Waals surface area contributed by atoms with Crippen molar-refractivity contribution in [3.8, 4) is 0 Å². The first-order chi connectivity index (χ1) is 7.59. The average molecular weight is 231 g/mol. The Kier molecular flexibility index (Phi) is 5.39. The smallest absolute Gasteiger partial charge is 0.248 e. The van der Waals surface area contributed by atoms with E-state index in [-0.39, 0.29) is 12.8 Å². The summed E-state index contributed by atoms with van der Waals surface area (Å²) in [6.45, 7) is 6.69. The van der Waals surface area contributed by atoms with Crippen molar-refractivity contribution < 1.29 is 8.78 Å². The molecule has 3 heteroatoms. The lowest BCUT2D eigenvalue weighted by atomic mass is 9.80. The molecule has 1 saturated carbocycles. The lowest BCUT2D eigenvalue weighted by Crippen LogP contribution is -2.39. The summed E-state index contributed by atoms with van der Waals surface area (Å²) in [6, 6.07) is 0.388. The van der Waals surface area contributed by atoms with Crippen molar-refractivity contribution in [2.75, 3.05) is 6.54 Å². The quantitative estimate of drug-likeness (QED) is 0.686. The summed E-state index contributed by atoms with van der Waals surface area (Å²) in [4.78, 5) is 0. The Hall–Kier alpha value is -0.440.